The SMILES string of the molecule is COC(=O)CC(=O)CSC(=N)/N=C(\N)C(F)(F)F. The van der Waals surface area contributed by atoms with Crippen LogP contribution in [0.2, 0.25) is 0 Å². The van der Waals surface area contributed by atoms with Gasteiger partial charge in [-0.3, -0.25) is 15.0 Å². The Morgan fingerprint density at radius 1 is 1.44 bits per heavy atom. The quantitative estimate of drug-likeness (QED) is 0.342. The van der Waals surface area contributed by atoms with Gasteiger partial charge >= 0.3 is 12.1 Å². The summed E-state index contributed by atoms with van der Waals surface area (Å²) in [5.41, 5.74) is 4.57. The lowest BCUT2D eigenvalue weighted by molar-refractivity contribution is -0.142. The molecule has 0 aromatic heterocycles. The molecule has 0 aliphatic carbocycles. The Hall–Kier alpha value is -1.58. The molecule has 0 fully saturated rings. The number of ether oxygens (including phenoxy) is 1. The van der Waals surface area contributed by atoms with Crippen molar-refractivity contribution in [2.45, 2.75) is 12.6 Å². The summed E-state index contributed by atoms with van der Waals surface area (Å²) in [6, 6.07) is 0. The minimum absolute atomic E-state index is 0.359. The molecule has 6 nitrogen and oxygen atoms in total. The molecular formula is C8H10F3N3O3S. The number of halogens is 3. The lowest BCUT2D eigenvalue weighted by Crippen LogP contribution is -2.32. The third-order valence-corrected chi connectivity index (χ3v) is 2.28. The molecule has 0 heterocycles. The zero-order valence-corrected chi connectivity index (χ0v) is 10.0. The average molecular weight is 285 g/mol. The second kappa shape index (κ2) is 6.99. The number of carbonyl (C=O) groups is 2. The summed E-state index contributed by atoms with van der Waals surface area (Å²) in [6.45, 7) is 0. The summed E-state index contributed by atoms with van der Waals surface area (Å²) in [6.07, 6.45) is -5.32. The largest absolute Gasteiger partial charge is 0.469 e. The summed E-state index contributed by atoms with van der Waals surface area (Å²) in [4.78, 5) is 24.5. The number of nitrogens with zero attached hydrogens (tertiary/aromatic N) is 1. The fraction of sp³-hybridized carbons (Fsp3) is 0.500. The van der Waals surface area contributed by atoms with Gasteiger partial charge in [0, 0.05) is 0 Å². The van der Waals surface area contributed by atoms with E-state index in [-0.39, 0.29) is 5.75 Å². The Bertz CT molecular complexity index is 382. The van der Waals surface area contributed by atoms with E-state index in [0.717, 1.165) is 7.11 Å². The molecule has 18 heavy (non-hydrogen) atoms. The van der Waals surface area contributed by atoms with Crippen molar-refractivity contribution >= 4 is 34.5 Å². The monoisotopic (exact) mass is 285 g/mol. The average Bonchev–Trinajstić information content (AvgIpc) is 2.24. The molecule has 0 radical (unpaired) electrons. The van der Waals surface area contributed by atoms with E-state index in [1.54, 1.807) is 0 Å². The van der Waals surface area contributed by atoms with Gasteiger partial charge in [0.25, 0.3) is 0 Å². The third kappa shape index (κ3) is 6.89. The molecular weight excluding hydrogens is 275 g/mol. The van der Waals surface area contributed by atoms with Crippen LogP contribution in [0.15, 0.2) is 4.99 Å². The Labute approximate surface area is 104 Å². The summed E-state index contributed by atoms with van der Waals surface area (Å²) >= 11 is 0.440. The van der Waals surface area contributed by atoms with Crippen LogP contribution in [0.3, 0.4) is 0 Å². The molecule has 0 bridgehead atoms. The summed E-state index contributed by atoms with van der Waals surface area (Å²) in [7, 11) is 1.10. The molecule has 0 rings (SSSR count). The van der Waals surface area contributed by atoms with Gasteiger partial charge < -0.3 is 10.5 Å². The van der Waals surface area contributed by atoms with Crippen LogP contribution in [0.25, 0.3) is 0 Å². The summed E-state index contributed by atoms with van der Waals surface area (Å²) in [5, 5.41) is 6.29. The van der Waals surface area contributed by atoms with Gasteiger partial charge in [-0.25, -0.2) is 4.99 Å². The van der Waals surface area contributed by atoms with Crippen molar-refractivity contribution in [2.75, 3.05) is 12.9 Å². The minimum Gasteiger partial charge on any atom is -0.469 e. The van der Waals surface area contributed by atoms with E-state index in [0.29, 0.717) is 11.8 Å². The van der Waals surface area contributed by atoms with Crippen molar-refractivity contribution in [1.29, 1.82) is 5.41 Å². The first-order valence-electron chi connectivity index (χ1n) is 4.38. The first-order valence-corrected chi connectivity index (χ1v) is 5.36. The molecule has 0 amide bonds. The van der Waals surface area contributed by atoms with Gasteiger partial charge in [-0.15, -0.1) is 0 Å². The predicted molar refractivity (Wildman–Crippen MR) is 59.5 cm³/mol. The molecule has 10 heteroatoms. The van der Waals surface area contributed by atoms with Crippen LogP contribution < -0.4 is 5.73 Å². The molecule has 0 saturated carbocycles. The molecule has 0 aromatic carbocycles. The number of alkyl halides is 3. The molecule has 0 spiro atoms. The molecule has 3 N–H and O–H groups in total. The van der Waals surface area contributed by atoms with E-state index in [2.05, 4.69) is 15.5 Å². The second-order valence-corrected chi connectivity index (χ2v) is 3.84. The van der Waals surface area contributed by atoms with E-state index in [4.69, 9.17) is 5.41 Å². The Morgan fingerprint density at radius 2 is 2.00 bits per heavy atom. The zero-order chi connectivity index (χ0) is 14.3. The van der Waals surface area contributed by atoms with Gasteiger partial charge in [-0.1, -0.05) is 11.8 Å². The molecule has 0 aromatic rings. The van der Waals surface area contributed by atoms with Crippen molar-refractivity contribution < 1.29 is 27.5 Å². The number of nitrogens with two attached hydrogens (primary N) is 1. The standard InChI is InChI=1S/C8H10F3N3O3S/c1-17-5(16)2-4(15)3-18-7(13)14-6(12)8(9,10)11/h2-3H2,1H3,(H3,12,13,14). The first kappa shape index (κ1) is 16.4. The first-order chi connectivity index (χ1) is 8.16. The highest BCUT2D eigenvalue weighted by Gasteiger charge is 2.33. The molecule has 0 unspecified atom stereocenters. The molecule has 0 atom stereocenters. The van der Waals surface area contributed by atoms with Crippen LogP contribution in [0.4, 0.5) is 13.2 Å². The third-order valence-electron chi connectivity index (χ3n) is 1.45. The van der Waals surface area contributed by atoms with Crippen molar-refractivity contribution in [1.82, 2.24) is 0 Å². The van der Waals surface area contributed by atoms with Gasteiger partial charge in [0.15, 0.2) is 11.0 Å². The van der Waals surface area contributed by atoms with Crippen LogP contribution >= 0.6 is 11.8 Å². The Balaban J connectivity index is 4.20. The lowest BCUT2D eigenvalue weighted by atomic mass is 10.3. The maximum atomic E-state index is 11.9. The molecule has 0 aliphatic heterocycles. The van der Waals surface area contributed by atoms with Crippen molar-refractivity contribution in [3.8, 4) is 0 Å². The number of esters is 1. The Kier molecular flexibility index (Phi) is 6.37. The van der Waals surface area contributed by atoms with E-state index in [9.17, 15) is 22.8 Å². The number of Topliss-reactive ketones (excluding diaryl/α,β-unsaturated/α-hetero) is 1. The van der Waals surface area contributed by atoms with Gasteiger partial charge in [-0.2, -0.15) is 13.2 Å². The minimum atomic E-state index is -4.82. The molecule has 0 aliphatic rings. The number of hydrogen-bond acceptors (Lipinski definition) is 5. The van der Waals surface area contributed by atoms with E-state index in [1.807, 2.05) is 0 Å². The van der Waals surface area contributed by atoms with Gasteiger partial charge in [-0.05, 0) is 0 Å². The normalized spacial score (nSPS) is 12.1. The second-order valence-electron chi connectivity index (χ2n) is 2.88. The van der Waals surface area contributed by atoms with Crippen LogP contribution in [-0.2, 0) is 14.3 Å². The van der Waals surface area contributed by atoms with E-state index < -0.39 is 35.4 Å². The number of methoxy groups -OCH3 is 1. The number of hydrogen-bond donors (Lipinski definition) is 2. The van der Waals surface area contributed by atoms with Crippen molar-refractivity contribution in [2.24, 2.45) is 10.7 Å². The lowest BCUT2D eigenvalue weighted by Gasteiger charge is -2.04. The molecule has 0 saturated heterocycles. The van der Waals surface area contributed by atoms with Crippen LogP contribution in [0.5, 0.6) is 0 Å². The summed E-state index contributed by atoms with van der Waals surface area (Å²) < 4.78 is 40.0. The zero-order valence-electron chi connectivity index (χ0n) is 9.21. The number of thioether (sulfide) groups is 1. The smallest absolute Gasteiger partial charge is 0.449 e. The van der Waals surface area contributed by atoms with Gasteiger partial charge in [0.05, 0.1) is 12.9 Å². The highest BCUT2D eigenvalue weighted by Crippen LogP contribution is 2.15. The number of nitrogens with one attached hydrogen (secondary N) is 1. The maximum absolute atomic E-state index is 11.9. The number of ketones is 1. The highest BCUT2D eigenvalue weighted by molar-refractivity contribution is 8.14. The number of carbonyl (C=O) groups excluding carboxylic acids is 2. The maximum Gasteiger partial charge on any atom is 0.449 e. The summed E-state index contributed by atoms with van der Waals surface area (Å²) in [5.74, 6) is -3.37. The van der Waals surface area contributed by atoms with Crippen LogP contribution in [-0.4, -0.2) is 41.8 Å². The fourth-order valence-electron chi connectivity index (χ4n) is 0.638. The van der Waals surface area contributed by atoms with E-state index in [1.165, 1.54) is 0 Å². The van der Waals surface area contributed by atoms with Crippen LogP contribution in [0, 0.1) is 5.41 Å². The number of aliphatic imine (C=N–C) groups is 1. The molecule has 102 valence electrons. The topological polar surface area (TPSA) is 106 Å². The van der Waals surface area contributed by atoms with E-state index >= 15 is 0 Å². The number of amidine groups is 2. The van der Waals surface area contributed by atoms with Gasteiger partial charge in [0.1, 0.15) is 6.42 Å². The number of rotatable bonds is 4. The van der Waals surface area contributed by atoms with Gasteiger partial charge in [0.2, 0.25) is 5.84 Å². The highest BCUT2D eigenvalue weighted by atomic mass is 32.2. The predicted octanol–water partition coefficient (Wildman–Crippen LogP) is 0.706. The fourth-order valence-corrected chi connectivity index (χ4v) is 1.20. The van der Waals surface area contributed by atoms with Crippen molar-refractivity contribution in [3.05, 3.63) is 0 Å². The van der Waals surface area contributed by atoms with Crippen LogP contribution in [0.1, 0.15) is 6.42 Å². The van der Waals surface area contributed by atoms with Crippen molar-refractivity contribution in [3.63, 3.8) is 0 Å². The Morgan fingerprint density at radius 3 is 2.44 bits per heavy atom.